The van der Waals surface area contributed by atoms with E-state index in [0.29, 0.717) is 18.8 Å². The zero-order valence-corrected chi connectivity index (χ0v) is 20.7. The van der Waals surface area contributed by atoms with Gasteiger partial charge in [0.05, 0.1) is 17.0 Å². The van der Waals surface area contributed by atoms with Crippen LogP contribution in [0.25, 0.3) is 39.3 Å². The molecule has 2 aromatic carbocycles. The second-order valence-corrected chi connectivity index (χ2v) is 10.9. The fourth-order valence-electron chi connectivity index (χ4n) is 5.70. The first kappa shape index (κ1) is 21.9. The standard InChI is InChI=1S/C28H26N6OS/c1-36-26-33-32-22-14-13-21-25(34(22)26)31-24(17-5-3-2-4-6-17)23(30-21)18-7-9-19(10-8-18)27(29)15-28(35,16-27)20-11-12-20/h2-10,13-14,20,35H,11-12,15-16,29H2,1H3/t27-,28-. The number of pyridine rings is 1. The maximum atomic E-state index is 10.8. The van der Waals surface area contributed by atoms with Crippen molar-refractivity contribution in [1.82, 2.24) is 24.6 Å². The smallest absolute Gasteiger partial charge is 0.197 e. The number of aliphatic hydroxyl groups is 1. The predicted octanol–water partition coefficient (Wildman–Crippen LogP) is 4.82. The summed E-state index contributed by atoms with van der Waals surface area (Å²) < 4.78 is 1.96. The van der Waals surface area contributed by atoms with E-state index < -0.39 is 11.1 Å². The molecule has 8 heteroatoms. The molecule has 0 aliphatic heterocycles. The predicted molar refractivity (Wildman–Crippen MR) is 142 cm³/mol. The van der Waals surface area contributed by atoms with Crippen LogP contribution in [-0.4, -0.2) is 41.5 Å². The zero-order valence-electron chi connectivity index (χ0n) is 19.9. The van der Waals surface area contributed by atoms with Gasteiger partial charge in [0.25, 0.3) is 0 Å². The van der Waals surface area contributed by atoms with E-state index in [1.807, 2.05) is 41.0 Å². The van der Waals surface area contributed by atoms with Crippen LogP contribution in [0.2, 0.25) is 0 Å². The summed E-state index contributed by atoms with van der Waals surface area (Å²) in [6, 6.07) is 22.3. The van der Waals surface area contributed by atoms with Crippen LogP contribution in [0, 0.1) is 5.92 Å². The SMILES string of the molecule is CSc1nnc2ccc3nc(-c4ccc([C@]5(N)C[C@@](O)(C6CC6)C5)cc4)c(-c4ccccc4)nc3n12. The molecular formula is C28H26N6OS. The Morgan fingerprint density at radius 2 is 1.58 bits per heavy atom. The van der Waals surface area contributed by atoms with Crippen molar-refractivity contribution in [2.75, 3.05) is 6.26 Å². The number of hydrogen-bond acceptors (Lipinski definition) is 7. The van der Waals surface area contributed by atoms with E-state index in [4.69, 9.17) is 15.7 Å². The molecule has 0 unspecified atom stereocenters. The third-order valence-electron chi connectivity index (χ3n) is 7.71. The van der Waals surface area contributed by atoms with Gasteiger partial charge in [-0.2, -0.15) is 0 Å². The fourth-order valence-corrected chi connectivity index (χ4v) is 6.19. The topological polar surface area (TPSA) is 102 Å². The molecule has 0 amide bonds. The maximum absolute atomic E-state index is 10.8. The van der Waals surface area contributed by atoms with Gasteiger partial charge in [0, 0.05) is 16.7 Å². The van der Waals surface area contributed by atoms with Crippen LogP contribution in [0.1, 0.15) is 31.2 Å². The van der Waals surface area contributed by atoms with Gasteiger partial charge in [0.15, 0.2) is 16.5 Å². The molecule has 0 saturated heterocycles. The van der Waals surface area contributed by atoms with E-state index in [9.17, 15) is 5.11 Å². The molecule has 2 aliphatic carbocycles. The molecule has 7 rings (SSSR count). The summed E-state index contributed by atoms with van der Waals surface area (Å²) in [5.74, 6) is 0.429. The average molecular weight is 495 g/mol. The summed E-state index contributed by atoms with van der Waals surface area (Å²) in [5.41, 5.74) is 12.6. The van der Waals surface area contributed by atoms with E-state index in [1.165, 1.54) is 11.8 Å². The molecule has 3 heterocycles. The van der Waals surface area contributed by atoms with E-state index >= 15 is 0 Å². The molecule has 2 fully saturated rings. The minimum Gasteiger partial charge on any atom is -0.389 e. The van der Waals surface area contributed by atoms with Crippen molar-refractivity contribution >= 4 is 28.6 Å². The maximum Gasteiger partial charge on any atom is 0.197 e. The molecule has 2 saturated carbocycles. The van der Waals surface area contributed by atoms with Gasteiger partial charge in [0.2, 0.25) is 0 Å². The van der Waals surface area contributed by atoms with Crippen molar-refractivity contribution in [3.63, 3.8) is 0 Å². The Hall–Kier alpha value is -3.33. The lowest BCUT2D eigenvalue weighted by Crippen LogP contribution is -2.60. The number of thioether (sulfide) groups is 1. The van der Waals surface area contributed by atoms with E-state index in [2.05, 4.69) is 46.6 Å². The molecule has 36 heavy (non-hydrogen) atoms. The van der Waals surface area contributed by atoms with Gasteiger partial charge in [-0.05, 0) is 55.6 Å². The highest BCUT2D eigenvalue weighted by Crippen LogP contribution is 2.57. The number of benzene rings is 2. The summed E-state index contributed by atoms with van der Waals surface area (Å²) in [7, 11) is 0. The van der Waals surface area contributed by atoms with Gasteiger partial charge < -0.3 is 10.8 Å². The first-order chi connectivity index (χ1) is 17.5. The first-order valence-electron chi connectivity index (χ1n) is 12.2. The number of rotatable bonds is 5. The molecular weight excluding hydrogens is 468 g/mol. The highest BCUT2D eigenvalue weighted by molar-refractivity contribution is 7.98. The van der Waals surface area contributed by atoms with Crippen LogP contribution in [0.5, 0.6) is 0 Å². The van der Waals surface area contributed by atoms with Crippen molar-refractivity contribution in [3.05, 3.63) is 72.3 Å². The van der Waals surface area contributed by atoms with Crippen molar-refractivity contribution in [3.8, 4) is 22.5 Å². The molecule has 3 aromatic heterocycles. The summed E-state index contributed by atoms with van der Waals surface area (Å²) in [6.45, 7) is 0. The number of fused-ring (bicyclic) bond motifs is 3. The largest absolute Gasteiger partial charge is 0.389 e. The van der Waals surface area contributed by atoms with Crippen LogP contribution < -0.4 is 5.73 Å². The summed E-state index contributed by atoms with van der Waals surface area (Å²) >= 11 is 1.53. The second-order valence-electron chi connectivity index (χ2n) is 10.2. The van der Waals surface area contributed by atoms with Crippen molar-refractivity contribution in [2.24, 2.45) is 11.7 Å². The lowest BCUT2D eigenvalue weighted by Gasteiger charge is -2.52. The van der Waals surface area contributed by atoms with Crippen molar-refractivity contribution < 1.29 is 5.11 Å². The number of nitrogens with zero attached hydrogens (tertiary/aromatic N) is 5. The Morgan fingerprint density at radius 1 is 0.889 bits per heavy atom. The molecule has 180 valence electrons. The zero-order chi connectivity index (χ0) is 24.5. The van der Waals surface area contributed by atoms with E-state index in [-0.39, 0.29) is 0 Å². The number of hydrogen-bond donors (Lipinski definition) is 2. The quantitative estimate of drug-likeness (QED) is 0.338. The first-order valence-corrected chi connectivity index (χ1v) is 13.5. The molecule has 7 nitrogen and oxygen atoms in total. The minimum atomic E-state index is -0.582. The van der Waals surface area contributed by atoms with Gasteiger partial charge in [-0.3, -0.25) is 4.40 Å². The van der Waals surface area contributed by atoms with Crippen LogP contribution in [-0.2, 0) is 5.54 Å². The lowest BCUT2D eigenvalue weighted by molar-refractivity contribution is -0.106. The van der Waals surface area contributed by atoms with Crippen LogP contribution in [0.4, 0.5) is 0 Å². The molecule has 2 aliphatic rings. The monoisotopic (exact) mass is 494 g/mol. The van der Waals surface area contributed by atoms with Gasteiger partial charge >= 0.3 is 0 Å². The summed E-state index contributed by atoms with van der Waals surface area (Å²) in [5, 5.41) is 20.2. The Balaban J connectivity index is 1.35. The van der Waals surface area contributed by atoms with E-state index in [1.54, 1.807) is 0 Å². The minimum absolute atomic E-state index is 0.429. The third kappa shape index (κ3) is 3.36. The van der Waals surface area contributed by atoms with Gasteiger partial charge in [-0.25, -0.2) is 9.97 Å². The van der Waals surface area contributed by atoms with Crippen LogP contribution in [0.3, 0.4) is 0 Å². The average Bonchev–Trinajstić information content (AvgIpc) is 3.67. The Morgan fingerprint density at radius 3 is 2.28 bits per heavy atom. The Labute approximate surface area is 212 Å². The van der Waals surface area contributed by atoms with Gasteiger partial charge in [-0.15, -0.1) is 10.2 Å². The highest BCUT2D eigenvalue weighted by atomic mass is 32.2. The second kappa shape index (κ2) is 7.83. The number of aromatic nitrogens is 5. The third-order valence-corrected chi connectivity index (χ3v) is 8.34. The fraction of sp³-hybridized carbons (Fsp3) is 0.286. The van der Waals surface area contributed by atoms with Gasteiger partial charge in [0.1, 0.15) is 5.52 Å². The summed E-state index contributed by atoms with van der Waals surface area (Å²) in [4.78, 5) is 10.2. The Kier molecular flexibility index (Phi) is 4.77. The molecule has 3 N–H and O–H groups in total. The van der Waals surface area contributed by atoms with E-state index in [0.717, 1.165) is 62.9 Å². The lowest BCUT2D eigenvalue weighted by atomic mass is 9.60. The molecule has 0 atom stereocenters. The molecule has 0 radical (unpaired) electrons. The van der Waals surface area contributed by atoms with Gasteiger partial charge in [-0.1, -0.05) is 66.4 Å². The Bertz CT molecular complexity index is 1600. The van der Waals surface area contributed by atoms with Crippen molar-refractivity contribution in [2.45, 2.75) is 42.0 Å². The van der Waals surface area contributed by atoms with Crippen LogP contribution in [0.15, 0.2) is 71.9 Å². The summed E-state index contributed by atoms with van der Waals surface area (Å²) in [6.07, 6.45) is 5.47. The molecule has 0 bridgehead atoms. The van der Waals surface area contributed by atoms with Crippen LogP contribution >= 0.6 is 11.8 Å². The molecule has 0 spiro atoms. The normalized spacial score (nSPS) is 23.8. The van der Waals surface area contributed by atoms with Crippen molar-refractivity contribution in [1.29, 1.82) is 0 Å². The number of nitrogens with two attached hydrogens (primary N) is 1. The molecule has 5 aromatic rings. The highest BCUT2D eigenvalue weighted by Gasteiger charge is 2.58.